The van der Waals surface area contributed by atoms with Gasteiger partial charge in [-0.3, -0.25) is 5.10 Å². The van der Waals surface area contributed by atoms with E-state index in [1.54, 1.807) is 7.11 Å². The van der Waals surface area contributed by atoms with Crippen molar-refractivity contribution in [1.29, 1.82) is 0 Å². The Bertz CT molecular complexity index is 843. The van der Waals surface area contributed by atoms with E-state index in [1.165, 1.54) is 6.33 Å². The third kappa shape index (κ3) is 2.61. The Labute approximate surface area is 138 Å². The van der Waals surface area contributed by atoms with Gasteiger partial charge in [0.1, 0.15) is 6.33 Å². The summed E-state index contributed by atoms with van der Waals surface area (Å²) in [4.78, 5) is 10.9. The maximum atomic E-state index is 5.58. The molecule has 8 nitrogen and oxygen atoms in total. The summed E-state index contributed by atoms with van der Waals surface area (Å²) in [6.45, 7) is 2.91. The van der Waals surface area contributed by atoms with Crippen LogP contribution in [0.5, 0.6) is 5.75 Å². The Kier molecular flexibility index (Phi) is 3.87. The van der Waals surface area contributed by atoms with Crippen LogP contribution in [0.15, 0.2) is 30.6 Å². The number of nitrogens with zero attached hydrogens (tertiary/aromatic N) is 4. The van der Waals surface area contributed by atoms with E-state index >= 15 is 0 Å². The van der Waals surface area contributed by atoms with E-state index in [4.69, 9.17) is 9.47 Å². The number of hydrogen-bond acceptors (Lipinski definition) is 7. The molecule has 0 amide bonds. The lowest BCUT2D eigenvalue weighted by Gasteiger charge is -2.29. The molecule has 0 saturated carbocycles. The van der Waals surface area contributed by atoms with Gasteiger partial charge in [0.05, 0.1) is 25.8 Å². The highest BCUT2D eigenvalue weighted by Crippen LogP contribution is 2.34. The maximum Gasteiger partial charge on any atom is 0.204 e. The Morgan fingerprint density at radius 2 is 2.00 bits per heavy atom. The molecule has 3 heterocycles. The summed E-state index contributed by atoms with van der Waals surface area (Å²) in [5, 5.41) is 11.6. The van der Waals surface area contributed by atoms with E-state index in [0.717, 1.165) is 29.8 Å². The van der Waals surface area contributed by atoms with Crippen LogP contribution in [0.4, 0.5) is 17.5 Å². The molecule has 8 heteroatoms. The van der Waals surface area contributed by atoms with Gasteiger partial charge in [0.2, 0.25) is 5.75 Å². The molecule has 0 atom stereocenters. The lowest BCUT2D eigenvalue weighted by atomic mass is 10.2. The van der Waals surface area contributed by atoms with E-state index in [2.05, 4.69) is 30.4 Å². The molecule has 24 heavy (non-hydrogen) atoms. The number of methoxy groups -OCH3 is 1. The van der Waals surface area contributed by atoms with Crippen molar-refractivity contribution in [2.45, 2.75) is 0 Å². The smallest absolute Gasteiger partial charge is 0.204 e. The van der Waals surface area contributed by atoms with Gasteiger partial charge in [-0.25, -0.2) is 9.97 Å². The molecular formula is C16H18N6O2. The number of rotatable bonds is 4. The van der Waals surface area contributed by atoms with Crippen LogP contribution in [0.25, 0.3) is 10.9 Å². The fourth-order valence-electron chi connectivity index (χ4n) is 2.81. The number of aromatic nitrogens is 4. The number of benzene rings is 1. The SMILES string of the molecule is COc1c(Nc2n[nH]c3ccccc23)ncnc1N1CCOCC1. The van der Waals surface area contributed by atoms with Crippen LogP contribution >= 0.6 is 0 Å². The van der Waals surface area contributed by atoms with Gasteiger partial charge in [-0.2, -0.15) is 5.10 Å². The van der Waals surface area contributed by atoms with Gasteiger partial charge in [0.15, 0.2) is 17.5 Å². The molecule has 4 rings (SSSR count). The summed E-state index contributed by atoms with van der Waals surface area (Å²) < 4.78 is 11.0. The molecule has 124 valence electrons. The molecule has 0 bridgehead atoms. The van der Waals surface area contributed by atoms with Crippen molar-refractivity contribution in [3.63, 3.8) is 0 Å². The van der Waals surface area contributed by atoms with Gasteiger partial charge in [-0.15, -0.1) is 0 Å². The number of para-hydroxylation sites is 1. The average molecular weight is 326 g/mol. The second-order valence-electron chi connectivity index (χ2n) is 5.42. The van der Waals surface area contributed by atoms with E-state index in [0.29, 0.717) is 30.6 Å². The molecule has 1 aliphatic heterocycles. The number of H-pyrrole nitrogens is 1. The standard InChI is InChI=1S/C16H18N6O2/c1-23-13-15(17-10-18-16(13)22-6-8-24-9-7-22)19-14-11-4-2-3-5-12(11)20-21-14/h2-5,10H,6-9H2,1H3,(H2,17,18,19,20,21). The Hall–Kier alpha value is -2.87. The third-order valence-corrected chi connectivity index (χ3v) is 4.01. The predicted molar refractivity (Wildman–Crippen MR) is 91.0 cm³/mol. The monoisotopic (exact) mass is 326 g/mol. The highest BCUT2D eigenvalue weighted by molar-refractivity contribution is 5.91. The zero-order valence-corrected chi connectivity index (χ0v) is 13.3. The largest absolute Gasteiger partial charge is 0.490 e. The van der Waals surface area contributed by atoms with Crippen molar-refractivity contribution in [3.8, 4) is 5.75 Å². The highest BCUT2D eigenvalue weighted by Gasteiger charge is 2.21. The number of ether oxygens (including phenoxy) is 2. The number of hydrogen-bond donors (Lipinski definition) is 2. The number of nitrogens with one attached hydrogen (secondary N) is 2. The summed E-state index contributed by atoms with van der Waals surface area (Å²) in [6.07, 6.45) is 1.53. The fourth-order valence-corrected chi connectivity index (χ4v) is 2.81. The van der Waals surface area contributed by atoms with Gasteiger partial charge < -0.3 is 19.7 Å². The fraction of sp³-hybridized carbons (Fsp3) is 0.312. The second kappa shape index (κ2) is 6.32. The van der Waals surface area contributed by atoms with Gasteiger partial charge in [0, 0.05) is 18.5 Å². The van der Waals surface area contributed by atoms with E-state index < -0.39 is 0 Å². The van der Waals surface area contributed by atoms with Gasteiger partial charge in [0.25, 0.3) is 0 Å². The molecule has 0 spiro atoms. The topological polar surface area (TPSA) is 88.2 Å². The predicted octanol–water partition coefficient (Wildman–Crippen LogP) is 1.94. The van der Waals surface area contributed by atoms with Crippen LogP contribution in [0.2, 0.25) is 0 Å². The Balaban J connectivity index is 1.70. The van der Waals surface area contributed by atoms with Crippen molar-refractivity contribution < 1.29 is 9.47 Å². The van der Waals surface area contributed by atoms with Crippen LogP contribution < -0.4 is 15.0 Å². The summed E-state index contributed by atoms with van der Waals surface area (Å²) in [5.41, 5.74) is 0.960. The van der Waals surface area contributed by atoms with Crippen LogP contribution in [-0.4, -0.2) is 53.6 Å². The Morgan fingerprint density at radius 1 is 1.17 bits per heavy atom. The lowest BCUT2D eigenvalue weighted by Crippen LogP contribution is -2.37. The molecule has 1 aliphatic rings. The number of fused-ring (bicyclic) bond motifs is 1. The molecule has 3 aromatic rings. The van der Waals surface area contributed by atoms with E-state index in [-0.39, 0.29) is 0 Å². The van der Waals surface area contributed by atoms with Crippen molar-refractivity contribution in [2.24, 2.45) is 0 Å². The van der Waals surface area contributed by atoms with Crippen molar-refractivity contribution in [3.05, 3.63) is 30.6 Å². The van der Waals surface area contributed by atoms with E-state index in [1.807, 2.05) is 24.3 Å². The van der Waals surface area contributed by atoms with Gasteiger partial charge >= 0.3 is 0 Å². The van der Waals surface area contributed by atoms with Crippen LogP contribution in [-0.2, 0) is 4.74 Å². The summed E-state index contributed by atoms with van der Waals surface area (Å²) in [7, 11) is 1.62. The first-order valence-corrected chi connectivity index (χ1v) is 7.78. The number of anilines is 3. The molecule has 1 fully saturated rings. The Morgan fingerprint density at radius 3 is 2.83 bits per heavy atom. The van der Waals surface area contributed by atoms with Crippen molar-refractivity contribution in [1.82, 2.24) is 20.2 Å². The molecule has 0 unspecified atom stereocenters. The lowest BCUT2D eigenvalue weighted by molar-refractivity contribution is 0.122. The minimum Gasteiger partial charge on any atom is -0.490 e. The van der Waals surface area contributed by atoms with Gasteiger partial charge in [-0.1, -0.05) is 12.1 Å². The first-order valence-electron chi connectivity index (χ1n) is 7.78. The normalized spacial score (nSPS) is 14.8. The second-order valence-corrected chi connectivity index (χ2v) is 5.42. The average Bonchev–Trinajstić information content (AvgIpc) is 3.05. The quantitative estimate of drug-likeness (QED) is 0.757. The van der Waals surface area contributed by atoms with E-state index in [9.17, 15) is 0 Å². The van der Waals surface area contributed by atoms with Crippen LogP contribution in [0.1, 0.15) is 0 Å². The number of morpholine rings is 1. The maximum absolute atomic E-state index is 5.58. The molecule has 0 radical (unpaired) electrons. The molecule has 2 aromatic heterocycles. The van der Waals surface area contributed by atoms with Crippen LogP contribution in [0.3, 0.4) is 0 Å². The first-order chi connectivity index (χ1) is 11.9. The number of aromatic amines is 1. The first kappa shape index (κ1) is 14.7. The third-order valence-electron chi connectivity index (χ3n) is 4.01. The van der Waals surface area contributed by atoms with Crippen molar-refractivity contribution >= 4 is 28.4 Å². The van der Waals surface area contributed by atoms with Crippen molar-refractivity contribution in [2.75, 3.05) is 43.6 Å². The molecule has 1 saturated heterocycles. The summed E-state index contributed by atoms with van der Waals surface area (Å²) in [6, 6.07) is 7.91. The zero-order valence-electron chi connectivity index (χ0n) is 13.3. The molecular weight excluding hydrogens is 308 g/mol. The minimum absolute atomic E-state index is 0.589. The molecule has 2 N–H and O–H groups in total. The van der Waals surface area contributed by atoms with Gasteiger partial charge in [-0.05, 0) is 12.1 Å². The zero-order chi connectivity index (χ0) is 16.4. The molecule has 0 aliphatic carbocycles. The highest BCUT2D eigenvalue weighted by atomic mass is 16.5. The molecule has 1 aromatic carbocycles. The summed E-state index contributed by atoms with van der Waals surface area (Å²) >= 11 is 0. The minimum atomic E-state index is 0.589. The summed E-state index contributed by atoms with van der Waals surface area (Å²) in [5.74, 6) is 2.66. The van der Waals surface area contributed by atoms with Crippen LogP contribution in [0, 0.1) is 0 Å².